The van der Waals surface area contributed by atoms with E-state index in [-0.39, 0.29) is 5.97 Å². The molecule has 0 bridgehead atoms. The predicted octanol–water partition coefficient (Wildman–Crippen LogP) is 1.23. The molecule has 1 aromatic heterocycles. The van der Waals surface area contributed by atoms with Crippen LogP contribution >= 0.6 is 0 Å². The van der Waals surface area contributed by atoms with Crippen molar-refractivity contribution in [3.63, 3.8) is 0 Å². The lowest BCUT2D eigenvalue weighted by atomic mass is 10.2. The van der Waals surface area contributed by atoms with Crippen LogP contribution in [0.2, 0.25) is 0 Å². The summed E-state index contributed by atoms with van der Waals surface area (Å²) < 4.78 is 5.33. The molecule has 1 saturated heterocycles. The molecule has 2 N–H and O–H groups in total. The van der Waals surface area contributed by atoms with Gasteiger partial charge < -0.3 is 15.0 Å². The van der Waals surface area contributed by atoms with Crippen LogP contribution in [0.5, 0.6) is 0 Å². The summed E-state index contributed by atoms with van der Waals surface area (Å²) in [5.41, 5.74) is 1.48. The van der Waals surface area contributed by atoms with Crippen molar-refractivity contribution in [2.24, 2.45) is 0 Å². The highest BCUT2D eigenvalue weighted by Crippen LogP contribution is 2.15. The van der Waals surface area contributed by atoms with Crippen molar-refractivity contribution in [3.8, 4) is 0 Å². The average molecular weight is 273 g/mol. The van der Waals surface area contributed by atoms with Gasteiger partial charge in [-0.2, -0.15) is 0 Å². The third-order valence-electron chi connectivity index (χ3n) is 3.60. The largest absolute Gasteiger partial charge is 0.460 e. The molecule has 2 heterocycles. The van der Waals surface area contributed by atoms with Crippen molar-refractivity contribution < 1.29 is 9.53 Å². The number of carbonyl (C=O) groups excluding carboxylic acids is 1. The molecule has 0 aliphatic carbocycles. The second-order valence-corrected chi connectivity index (χ2v) is 5.00. The average Bonchev–Trinajstić information content (AvgIpc) is 2.92. The van der Waals surface area contributed by atoms with E-state index in [1.165, 1.54) is 0 Å². The number of fused-ring (bicyclic) bond motifs is 1. The Bertz CT molecular complexity index is 555. The molecule has 0 unspecified atom stereocenters. The van der Waals surface area contributed by atoms with Gasteiger partial charge in [-0.1, -0.05) is 18.2 Å². The Morgan fingerprint density at radius 3 is 2.85 bits per heavy atom. The summed E-state index contributed by atoms with van der Waals surface area (Å²) in [5, 5.41) is 4.33. The van der Waals surface area contributed by atoms with Crippen molar-refractivity contribution in [1.29, 1.82) is 0 Å². The number of nitrogens with one attached hydrogen (secondary N) is 2. The van der Waals surface area contributed by atoms with Gasteiger partial charge >= 0.3 is 5.97 Å². The van der Waals surface area contributed by atoms with Crippen LogP contribution in [0.1, 0.15) is 10.5 Å². The second kappa shape index (κ2) is 6.07. The first-order valence-corrected chi connectivity index (χ1v) is 7.01. The van der Waals surface area contributed by atoms with Gasteiger partial charge in [0.15, 0.2) is 0 Å². The first-order valence-electron chi connectivity index (χ1n) is 7.01. The fourth-order valence-corrected chi connectivity index (χ4v) is 2.46. The molecule has 0 spiro atoms. The minimum atomic E-state index is -0.281. The van der Waals surface area contributed by atoms with Crippen LogP contribution in [0.3, 0.4) is 0 Å². The number of nitrogens with zero attached hydrogens (tertiary/aromatic N) is 1. The highest BCUT2D eigenvalue weighted by Gasteiger charge is 2.13. The maximum absolute atomic E-state index is 12.0. The number of esters is 1. The van der Waals surface area contributed by atoms with Crippen molar-refractivity contribution >= 4 is 16.9 Å². The van der Waals surface area contributed by atoms with E-state index in [1.54, 1.807) is 0 Å². The van der Waals surface area contributed by atoms with Gasteiger partial charge in [-0.05, 0) is 12.1 Å². The Labute approximate surface area is 117 Å². The quantitative estimate of drug-likeness (QED) is 0.823. The molecule has 5 heteroatoms. The summed E-state index contributed by atoms with van der Waals surface area (Å²) in [6.07, 6.45) is 0. The summed E-state index contributed by atoms with van der Waals surface area (Å²) in [7, 11) is 0. The van der Waals surface area contributed by atoms with Gasteiger partial charge in [0.05, 0.1) is 0 Å². The molecule has 5 nitrogen and oxygen atoms in total. The third kappa shape index (κ3) is 3.00. The van der Waals surface area contributed by atoms with Gasteiger partial charge in [-0.3, -0.25) is 4.90 Å². The number of ether oxygens (including phenoxy) is 1. The van der Waals surface area contributed by atoms with Gasteiger partial charge in [0.2, 0.25) is 0 Å². The molecule has 0 amide bonds. The zero-order valence-electron chi connectivity index (χ0n) is 11.4. The molecular weight excluding hydrogens is 254 g/mol. The third-order valence-corrected chi connectivity index (χ3v) is 3.60. The molecule has 1 fully saturated rings. The monoisotopic (exact) mass is 273 g/mol. The Hall–Kier alpha value is -1.85. The summed E-state index contributed by atoms with van der Waals surface area (Å²) in [6.45, 7) is 5.29. The smallest absolute Gasteiger partial charge is 0.354 e. The summed E-state index contributed by atoms with van der Waals surface area (Å²) in [4.78, 5) is 17.4. The fraction of sp³-hybridized carbons (Fsp3) is 0.400. The van der Waals surface area contributed by atoms with E-state index >= 15 is 0 Å². The lowest BCUT2D eigenvalue weighted by Crippen LogP contribution is -2.44. The molecule has 106 valence electrons. The topological polar surface area (TPSA) is 57.4 Å². The minimum Gasteiger partial charge on any atom is -0.460 e. The summed E-state index contributed by atoms with van der Waals surface area (Å²) >= 11 is 0. The van der Waals surface area contributed by atoms with E-state index < -0.39 is 0 Å². The Balaban J connectivity index is 1.53. The number of aromatic amines is 1. The van der Waals surface area contributed by atoms with E-state index in [0.29, 0.717) is 12.3 Å². The minimum absolute atomic E-state index is 0.281. The second-order valence-electron chi connectivity index (χ2n) is 5.00. The number of hydrogen-bond donors (Lipinski definition) is 2. The van der Waals surface area contributed by atoms with Crippen LogP contribution in [-0.4, -0.2) is 55.2 Å². The molecule has 1 aliphatic heterocycles. The first-order chi connectivity index (χ1) is 9.83. The van der Waals surface area contributed by atoms with Crippen molar-refractivity contribution in [2.75, 3.05) is 39.3 Å². The normalized spacial score (nSPS) is 16.4. The molecule has 0 atom stereocenters. The molecule has 1 aromatic carbocycles. The molecular formula is C15H19N3O2. The molecule has 3 rings (SSSR count). The molecule has 0 radical (unpaired) electrons. The number of hydrogen-bond acceptors (Lipinski definition) is 4. The van der Waals surface area contributed by atoms with Gasteiger partial charge in [0.25, 0.3) is 0 Å². The number of benzene rings is 1. The van der Waals surface area contributed by atoms with Crippen molar-refractivity contribution in [2.45, 2.75) is 0 Å². The Morgan fingerprint density at radius 1 is 1.25 bits per heavy atom. The standard InChI is InChI=1S/C15H19N3O2/c19-15(20-10-9-18-7-5-16-6-8-18)14-11-12-3-1-2-4-13(12)17-14/h1-4,11,16-17H,5-10H2. The van der Waals surface area contributed by atoms with Crippen LogP contribution in [0.25, 0.3) is 10.9 Å². The van der Waals surface area contributed by atoms with E-state index in [9.17, 15) is 4.79 Å². The predicted molar refractivity (Wildman–Crippen MR) is 77.9 cm³/mol. The summed E-state index contributed by atoms with van der Waals surface area (Å²) in [5.74, 6) is -0.281. The van der Waals surface area contributed by atoms with Crippen LogP contribution in [-0.2, 0) is 4.74 Å². The van der Waals surface area contributed by atoms with Gasteiger partial charge in [0, 0.05) is 43.6 Å². The van der Waals surface area contributed by atoms with E-state index in [0.717, 1.165) is 43.6 Å². The van der Waals surface area contributed by atoms with Gasteiger partial charge in [0.1, 0.15) is 12.3 Å². The van der Waals surface area contributed by atoms with Crippen LogP contribution in [0.15, 0.2) is 30.3 Å². The number of para-hydroxylation sites is 1. The zero-order chi connectivity index (χ0) is 13.8. The number of rotatable bonds is 4. The van der Waals surface area contributed by atoms with Gasteiger partial charge in [-0.25, -0.2) is 4.79 Å². The number of carbonyl (C=O) groups is 1. The van der Waals surface area contributed by atoms with E-state index in [4.69, 9.17) is 4.74 Å². The molecule has 2 aromatic rings. The van der Waals surface area contributed by atoms with E-state index in [2.05, 4.69) is 15.2 Å². The van der Waals surface area contributed by atoms with Crippen molar-refractivity contribution in [1.82, 2.24) is 15.2 Å². The Morgan fingerprint density at radius 2 is 2.05 bits per heavy atom. The maximum Gasteiger partial charge on any atom is 0.354 e. The molecule has 0 saturated carbocycles. The maximum atomic E-state index is 12.0. The lowest BCUT2D eigenvalue weighted by molar-refractivity contribution is 0.0450. The fourth-order valence-electron chi connectivity index (χ4n) is 2.46. The number of piperazine rings is 1. The number of aromatic nitrogens is 1. The first kappa shape index (κ1) is 13.1. The SMILES string of the molecule is O=C(OCCN1CCNCC1)c1cc2ccccc2[nH]1. The van der Waals surface area contributed by atoms with Crippen LogP contribution in [0.4, 0.5) is 0 Å². The van der Waals surface area contributed by atoms with Crippen LogP contribution < -0.4 is 5.32 Å². The van der Waals surface area contributed by atoms with Crippen molar-refractivity contribution in [3.05, 3.63) is 36.0 Å². The highest BCUT2D eigenvalue weighted by molar-refractivity contribution is 5.94. The molecule has 20 heavy (non-hydrogen) atoms. The highest BCUT2D eigenvalue weighted by atomic mass is 16.5. The molecule has 1 aliphatic rings. The van der Waals surface area contributed by atoms with Gasteiger partial charge in [-0.15, -0.1) is 0 Å². The zero-order valence-corrected chi connectivity index (χ0v) is 11.4. The Kier molecular flexibility index (Phi) is 3.99. The lowest BCUT2D eigenvalue weighted by Gasteiger charge is -2.26. The van der Waals surface area contributed by atoms with E-state index in [1.807, 2.05) is 30.3 Å². The number of H-pyrrole nitrogens is 1. The van der Waals surface area contributed by atoms with Crippen LogP contribution in [0, 0.1) is 0 Å². The summed E-state index contributed by atoms with van der Waals surface area (Å²) in [6, 6.07) is 9.66.